The van der Waals surface area contributed by atoms with E-state index in [-0.39, 0.29) is 23.1 Å². The van der Waals surface area contributed by atoms with Gasteiger partial charge in [0.2, 0.25) is 0 Å². The van der Waals surface area contributed by atoms with Crippen LogP contribution in [0.4, 0.5) is 0 Å². The van der Waals surface area contributed by atoms with Crippen molar-refractivity contribution in [1.82, 2.24) is 29.4 Å². The van der Waals surface area contributed by atoms with Crippen LogP contribution in [0.3, 0.4) is 0 Å². The van der Waals surface area contributed by atoms with Gasteiger partial charge in [0.05, 0.1) is 18.3 Å². The smallest absolute Gasteiger partial charge is 0.274 e. The Hall–Kier alpha value is -2.81. The van der Waals surface area contributed by atoms with E-state index in [0.29, 0.717) is 25.3 Å². The lowest BCUT2D eigenvalue weighted by Gasteiger charge is -2.34. The first-order valence-electron chi connectivity index (χ1n) is 11.1. The molecule has 1 amide bonds. The molecule has 0 saturated carbocycles. The summed E-state index contributed by atoms with van der Waals surface area (Å²) in [4.78, 5) is 41.1. The number of aromatic nitrogens is 4. The number of hydrogen-bond acceptors (Lipinski definition) is 6. The maximum absolute atomic E-state index is 12.8. The van der Waals surface area contributed by atoms with Gasteiger partial charge >= 0.3 is 0 Å². The molecule has 9 heteroatoms. The second-order valence-electron chi connectivity index (χ2n) is 8.61. The van der Waals surface area contributed by atoms with E-state index in [1.54, 1.807) is 15.6 Å². The SMILES string of the molecule is CC(C)n1nc(C(=O)N2CCN(CCn3nc4c(cc3=O)CCCC4)CC2)ccc1=O. The van der Waals surface area contributed by atoms with Crippen molar-refractivity contribution >= 4 is 5.91 Å². The molecule has 1 aliphatic carbocycles. The zero-order valence-electron chi connectivity index (χ0n) is 18.3. The third-order valence-corrected chi connectivity index (χ3v) is 6.09. The first-order chi connectivity index (χ1) is 14.9. The maximum Gasteiger partial charge on any atom is 0.274 e. The maximum atomic E-state index is 12.8. The topological polar surface area (TPSA) is 93.3 Å². The predicted octanol–water partition coefficient (Wildman–Crippen LogP) is 0.718. The number of hydrogen-bond donors (Lipinski definition) is 0. The average Bonchev–Trinajstić information content (AvgIpc) is 2.77. The Morgan fingerprint density at radius 1 is 0.968 bits per heavy atom. The number of carbonyl (C=O) groups is 1. The highest BCUT2D eigenvalue weighted by Gasteiger charge is 2.24. The molecule has 0 aromatic carbocycles. The van der Waals surface area contributed by atoms with E-state index in [9.17, 15) is 14.4 Å². The Morgan fingerprint density at radius 2 is 1.71 bits per heavy atom. The van der Waals surface area contributed by atoms with Crippen molar-refractivity contribution in [2.75, 3.05) is 32.7 Å². The predicted molar refractivity (Wildman–Crippen MR) is 116 cm³/mol. The number of rotatable bonds is 5. The normalized spacial score (nSPS) is 17.1. The first kappa shape index (κ1) is 21.4. The minimum absolute atomic E-state index is 0.0270. The molecule has 0 atom stereocenters. The van der Waals surface area contributed by atoms with E-state index in [2.05, 4.69) is 15.1 Å². The van der Waals surface area contributed by atoms with Crippen molar-refractivity contribution in [3.63, 3.8) is 0 Å². The van der Waals surface area contributed by atoms with Crippen LogP contribution in [0, 0.1) is 0 Å². The van der Waals surface area contributed by atoms with Crippen LogP contribution >= 0.6 is 0 Å². The number of nitrogens with zero attached hydrogens (tertiary/aromatic N) is 6. The van der Waals surface area contributed by atoms with Gasteiger partial charge in [0.1, 0.15) is 5.69 Å². The summed E-state index contributed by atoms with van der Waals surface area (Å²) in [6.45, 7) is 7.66. The van der Waals surface area contributed by atoms with E-state index in [1.165, 1.54) is 16.8 Å². The van der Waals surface area contributed by atoms with E-state index < -0.39 is 0 Å². The lowest BCUT2D eigenvalue weighted by molar-refractivity contribution is 0.0622. The van der Waals surface area contributed by atoms with Gasteiger partial charge in [-0.25, -0.2) is 9.36 Å². The third-order valence-electron chi connectivity index (χ3n) is 6.09. The molecular weight excluding hydrogens is 396 g/mol. The second kappa shape index (κ2) is 9.13. The minimum Gasteiger partial charge on any atom is -0.335 e. The van der Waals surface area contributed by atoms with Gasteiger partial charge < -0.3 is 4.90 Å². The zero-order chi connectivity index (χ0) is 22.0. The van der Waals surface area contributed by atoms with Crippen LogP contribution in [-0.2, 0) is 19.4 Å². The van der Waals surface area contributed by atoms with E-state index in [4.69, 9.17) is 0 Å². The van der Waals surface area contributed by atoms with Crippen LogP contribution in [0.5, 0.6) is 0 Å². The Balaban J connectivity index is 1.33. The minimum atomic E-state index is -0.206. The summed E-state index contributed by atoms with van der Waals surface area (Å²) in [7, 11) is 0. The molecule has 1 saturated heterocycles. The van der Waals surface area contributed by atoms with Crippen LogP contribution in [0.2, 0.25) is 0 Å². The van der Waals surface area contributed by atoms with Crippen molar-refractivity contribution in [3.05, 3.63) is 55.9 Å². The lowest BCUT2D eigenvalue weighted by Crippen LogP contribution is -2.50. The molecule has 0 unspecified atom stereocenters. The monoisotopic (exact) mass is 426 g/mol. The lowest BCUT2D eigenvalue weighted by atomic mass is 9.97. The molecule has 2 aromatic heterocycles. The van der Waals surface area contributed by atoms with E-state index in [1.807, 2.05) is 13.8 Å². The summed E-state index contributed by atoms with van der Waals surface area (Å²) >= 11 is 0. The van der Waals surface area contributed by atoms with E-state index in [0.717, 1.165) is 56.6 Å². The molecular formula is C22H30N6O3. The highest BCUT2D eigenvalue weighted by molar-refractivity contribution is 5.92. The van der Waals surface area contributed by atoms with Gasteiger partial charge in [-0.3, -0.25) is 19.3 Å². The standard InChI is InChI=1S/C22H30N6O3/c1-16(2)28-20(29)8-7-19(24-28)22(31)26-12-9-25(10-13-26)11-14-27-21(30)15-17-5-3-4-6-18(17)23-27/h7-8,15-16H,3-6,9-14H2,1-2H3. The molecule has 166 valence electrons. The largest absolute Gasteiger partial charge is 0.335 e. The van der Waals surface area contributed by atoms with Gasteiger partial charge in [-0.1, -0.05) is 0 Å². The van der Waals surface area contributed by atoms with Gasteiger partial charge in [0.15, 0.2) is 0 Å². The Labute approximate surface area is 181 Å². The Morgan fingerprint density at radius 3 is 2.45 bits per heavy atom. The summed E-state index contributed by atoms with van der Waals surface area (Å²) in [5.74, 6) is -0.151. The van der Waals surface area contributed by atoms with Crippen molar-refractivity contribution in [1.29, 1.82) is 0 Å². The third kappa shape index (κ3) is 4.76. The highest BCUT2D eigenvalue weighted by atomic mass is 16.2. The number of carbonyl (C=O) groups excluding carboxylic acids is 1. The number of aryl methyl sites for hydroxylation is 2. The summed E-state index contributed by atoms with van der Waals surface area (Å²) in [6, 6.07) is 4.56. The fraction of sp³-hybridized carbons (Fsp3) is 0.591. The van der Waals surface area contributed by atoms with Gasteiger partial charge in [-0.2, -0.15) is 10.2 Å². The molecule has 0 N–H and O–H groups in total. The summed E-state index contributed by atoms with van der Waals surface area (Å²) < 4.78 is 2.92. The van der Waals surface area contributed by atoms with Crippen molar-refractivity contribution in [2.24, 2.45) is 0 Å². The van der Waals surface area contributed by atoms with Crippen molar-refractivity contribution in [2.45, 2.75) is 52.1 Å². The fourth-order valence-electron chi connectivity index (χ4n) is 4.24. The summed E-state index contributed by atoms with van der Waals surface area (Å²) in [5, 5.41) is 8.83. The molecule has 31 heavy (non-hydrogen) atoms. The fourth-order valence-corrected chi connectivity index (χ4v) is 4.24. The van der Waals surface area contributed by atoms with Crippen molar-refractivity contribution < 1.29 is 4.79 Å². The van der Waals surface area contributed by atoms with Crippen LogP contribution in [0.1, 0.15) is 54.5 Å². The summed E-state index contributed by atoms with van der Waals surface area (Å²) in [5.41, 5.74) is 2.24. The molecule has 0 bridgehead atoms. The summed E-state index contributed by atoms with van der Waals surface area (Å²) in [6.07, 6.45) is 4.18. The molecule has 1 fully saturated rings. The van der Waals surface area contributed by atoms with Gasteiger partial charge in [-0.05, 0) is 51.2 Å². The van der Waals surface area contributed by atoms with Crippen LogP contribution in [0.15, 0.2) is 27.8 Å². The van der Waals surface area contributed by atoms with Crippen LogP contribution in [-0.4, -0.2) is 68.0 Å². The first-order valence-corrected chi connectivity index (χ1v) is 11.1. The number of fused-ring (bicyclic) bond motifs is 1. The number of amides is 1. The Kier molecular flexibility index (Phi) is 6.31. The highest BCUT2D eigenvalue weighted by Crippen LogP contribution is 2.17. The van der Waals surface area contributed by atoms with Gasteiger partial charge in [0, 0.05) is 44.9 Å². The molecule has 3 heterocycles. The average molecular weight is 427 g/mol. The van der Waals surface area contributed by atoms with E-state index >= 15 is 0 Å². The molecule has 0 spiro atoms. The quantitative estimate of drug-likeness (QED) is 0.699. The van der Waals surface area contributed by atoms with Crippen LogP contribution in [0.25, 0.3) is 0 Å². The molecule has 9 nitrogen and oxygen atoms in total. The zero-order valence-corrected chi connectivity index (χ0v) is 18.3. The van der Waals surface area contributed by atoms with Gasteiger partial charge in [0.25, 0.3) is 17.0 Å². The second-order valence-corrected chi connectivity index (χ2v) is 8.61. The molecule has 0 radical (unpaired) electrons. The molecule has 1 aliphatic heterocycles. The number of piperazine rings is 1. The molecule has 4 rings (SSSR count). The van der Waals surface area contributed by atoms with Gasteiger partial charge in [-0.15, -0.1) is 0 Å². The van der Waals surface area contributed by atoms with Crippen molar-refractivity contribution in [3.8, 4) is 0 Å². The molecule has 2 aliphatic rings. The Bertz CT molecular complexity index is 1070. The molecule has 2 aromatic rings. The van der Waals surface area contributed by atoms with Crippen LogP contribution < -0.4 is 11.1 Å².